The van der Waals surface area contributed by atoms with Crippen LogP contribution in [-0.2, 0) is 55.4 Å². The second-order valence-electron chi connectivity index (χ2n) is 3.24. The van der Waals surface area contributed by atoms with Gasteiger partial charge in [-0.25, -0.2) is 21.0 Å². The van der Waals surface area contributed by atoms with Gasteiger partial charge in [-0.1, -0.05) is 0 Å². The molecule has 0 aliphatic rings. The molecule has 10 nitrogen and oxygen atoms in total. The third kappa shape index (κ3) is 5.07. The molecule has 128 valence electrons. The fraction of sp³-hybridized carbons (Fsp3) is 0. The first kappa shape index (κ1) is 24.1. The Labute approximate surface area is 169 Å². The van der Waals surface area contributed by atoms with E-state index in [9.17, 15) is 34.7 Å². The van der Waals surface area contributed by atoms with Crippen LogP contribution in [0.3, 0.4) is 0 Å². The molecule has 1 aromatic carbocycles. The van der Waals surface area contributed by atoms with Crippen LogP contribution >= 0.6 is 12.6 Å². The molecule has 0 bridgehead atoms. The predicted octanol–water partition coefficient (Wildman–Crippen LogP) is -0.770. The minimum atomic E-state index is -3.19. The molecule has 0 radical (unpaired) electrons. The molecule has 17 heteroatoms. The van der Waals surface area contributed by atoms with Gasteiger partial charge in [0.15, 0.2) is 55.4 Å². The predicted molar refractivity (Wildman–Crippen MR) is 86.0 cm³/mol. The molecule has 23 heavy (non-hydrogen) atoms. The molecule has 5 unspecified atom stereocenters. The molecule has 0 aliphatic carbocycles. The van der Waals surface area contributed by atoms with Gasteiger partial charge in [-0.05, 0) is 0 Å². The molecule has 1 rings (SSSR count). The van der Waals surface area contributed by atoms with Gasteiger partial charge in [-0.2, -0.15) is 0 Å². The summed E-state index contributed by atoms with van der Waals surface area (Å²) >= 11 is -11.9. The van der Waals surface area contributed by atoms with Crippen LogP contribution in [0.25, 0.3) is 0 Å². The molecule has 0 heterocycles. The van der Waals surface area contributed by atoms with Crippen LogP contribution in [0.2, 0.25) is 0 Å². The Morgan fingerprint density at radius 3 is 0.870 bits per heavy atom. The van der Waals surface area contributed by atoms with E-state index >= 15 is 0 Å². The van der Waals surface area contributed by atoms with Crippen molar-refractivity contribution in [3.05, 3.63) is 0 Å². The van der Waals surface area contributed by atoms with Gasteiger partial charge in [0, 0.05) is 4.90 Å². The van der Waals surface area contributed by atoms with Crippen molar-refractivity contribution >= 4 is 97.6 Å². The van der Waals surface area contributed by atoms with E-state index in [-0.39, 0.29) is 29.6 Å². The van der Waals surface area contributed by atoms with E-state index in [1.54, 1.807) is 0 Å². The Hall–Kier alpha value is 1.12. The molecule has 0 saturated heterocycles. The van der Waals surface area contributed by atoms with Crippen molar-refractivity contribution in [1.82, 2.24) is 0 Å². The first-order valence-corrected chi connectivity index (χ1v) is 10.5. The van der Waals surface area contributed by atoms with Crippen LogP contribution in [0.15, 0.2) is 29.4 Å². The van der Waals surface area contributed by atoms with E-state index in [1.807, 2.05) is 0 Å². The molecule has 0 saturated carbocycles. The topological polar surface area (TPSA) is 186 Å². The summed E-state index contributed by atoms with van der Waals surface area (Å²) in [5, 5.41) is 0. The van der Waals surface area contributed by atoms with E-state index < -0.39 is 84.8 Å². The molecule has 0 spiro atoms. The average molecular weight is 455 g/mol. The van der Waals surface area contributed by atoms with Gasteiger partial charge in [-0.3, -0.25) is 0 Å². The van der Waals surface area contributed by atoms with Gasteiger partial charge in [-0.15, -0.1) is 12.6 Å². The quantitative estimate of drug-likeness (QED) is 0.187. The number of hydrogen-bond acceptors (Lipinski definition) is 6. The van der Waals surface area contributed by atoms with Crippen molar-refractivity contribution in [1.29, 1.82) is 0 Å². The fourth-order valence-electron chi connectivity index (χ4n) is 1.43. The summed E-state index contributed by atoms with van der Waals surface area (Å²) in [4.78, 5) is -6.20. The molecule has 0 fully saturated rings. The third-order valence-corrected chi connectivity index (χ3v) is 7.18. The molecule has 5 atom stereocenters. The van der Waals surface area contributed by atoms with Gasteiger partial charge in [0.25, 0.3) is 0 Å². The number of rotatable bonds is 5. The Morgan fingerprint density at radius 1 is 0.522 bits per heavy atom. The summed E-state index contributed by atoms with van der Waals surface area (Å²) in [6.45, 7) is 0. The van der Waals surface area contributed by atoms with E-state index in [0.717, 1.165) is 0 Å². The van der Waals surface area contributed by atoms with Gasteiger partial charge >= 0.3 is 29.6 Å². The monoisotopic (exact) mass is 454 g/mol. The molecular weight excluding hydrogens is 447 g/mol. The number of thiol groups is 1. The number of hydrogen-bond donors (Lipinski definition) is 6. The molecule has 5 N–H and O–H groups in total. The molecule has 0 aromatic heterocycles. The third-order valence-electron chi connectivity index (χ3n) is 2.13. The van der Waals surface area contributed by atoms with Gasteiger partial charge in [0.2, 0.25) is 0 Å². The van der Waals surface area contributed by atoms with Crippen molar-refractivity contribution in [3.63, 3.8) is 0 Å². The van der Waals surface area contributed by atoms with E-state index in [2.05, 4.69) is 12.6 Å². The average Bonchev–Trinajstić information content (AvgIpc) is 2.34. The van der Waals surface area contributed by atoms with Crippen molar-refractivity contribution in [2.45, 2.75) is 29.4 Å². The Bertz CT molecular complexity index is 708. The van der Waals surface area contributed by atoms with Crippen LogP contribution in [0, 0.1) is 0 Å². The maximum absolute atomic E-state index is 11.3. The Kier molecular flexibility index (Phi) is 10.2. The van der Waals surface area contributed by atoms with Gasteiger partial charge in [0.1, 0.15) is 24.5 Å². The van der Waals surface area contributed by atoms with E-state index in [1.165, 1.54) is 0 Å². The second kappa shape index (κ2) is 9.72. The van der Waals surface area contributed by atoms with Gasteiger partial charge < -0.3 is 22.8 Å². The SMILES string of the molecule is O=S(O)c1c(S)c(S(=O)O)c(S(=O)O)c(S(=O)O)c1S(=O)O.[NaH]. The van der Waals surface area contributed by atoms with Crippen molar-refractivity contribution < 1.29 is 43.8 Å². The summed E-state index contributed by atoms with van der Waals surface area (Å²) in [7, 11) is 0. The normalized spacial score (nSPS) is 17.7. The minimum absolute atomic E-state index is 0. The molecule has 1 aromatic rings. The second-order valence-corrected chi connectivity index (χ2v) is 8.22. The van der Waals surface area contributed by atoms with E-state index in [0.29, 0.717) is 0 Å². The van der Waals surface area contributed by atoms with Crippen LogP contribution in [0.1, 0.15) is 0 Å². The van der Waals surface area contributed by atoms with Crippen LogP contribution in [-0.4, -0.2) is 73.4 Å². The zero-order chi connectivity index (χ0) is 17.4. The van der Waals surface area contributed by atoms with Crippen LogP contribution < -0.4 is 0 Å². The summed E-state index contributed by atoms with van der Waals surface area (Å²) in [6.07, 6.45) is 0. The summed E-state index contributed by atoms with van der Waals surface area (Å²) in [6, 6.07) is 0. The fourth-order valence-corrected chi connectivity index (χ4v) is 6.86. The maximum atomic E-state index is 11.3. The van der Waals surface area contributed by atoms with Crippen LogP contribution in [0.5, 0.6) is 0 Å². The summed E-state index contributed by atoms with van der Waals surface area (Å²) < 4.78 is 102. The van der Waals surface area contributed by atoms with Crippen molar-refractivity contribution in [2.75, 3.05) is 0 Å². The standard InChI is InChI=1S/C6H6O10S6.Na.H/c7-18(8)2-1(17)3(19(9)10)5(21(13)14)6(22(15)16)4(2)20(11)12;;/h17H,(H,7,8)(H,9,10)(H,11,12)(H,13,14)(H,15,16);;. The molecule has 0 amide bonds. The summed E-state index contributed by atoms with van der Waals surface area (Å²) in [5.41, 5.74) is 0. The van der Waals surface area contributed by atoms with Gasteiger partial charge in [0.05, 0.1) is 0 Å². The van der Waals surface area contributed by atoms with Crippen molar-refractivity contribution in [2.24, 2.45) is 0 Å². The summed E-state index contributed by atoms with van der Waals surface area (Å²) in [5.74, 6) is 0. The zero-order valence-electron chi connectivity index (χ0n) is 9.77. The van der Waals surface area contributed by atoms with Crippen LogP contribution in [0.4, 0.5) is 0 Å². The Morgan fingerprint density at radius 2 is 0.696 bits per heavy atom. The Balaban J connectivity index is 0.00000484. The van der Waals surface area contributed by atoms with E-state index in [4.69, 9.17) is 9.11 Å². The zero-order valence-corrected chi connectivity index (χ0v) is 14.7. The molecule has 0 aliphatic heterocycles. The number of benzene rings is 1. The van der Waals surface area contributed by atoms with Crippen molar-refractivity contribution in [3.8, 4) is 0 Å². The first-order chi connectivity index (χ1) is 10.0. The molecular formula is C6H7NaO10S6. The first-order valence-electron chi connectivity index (χ1n) is 4.49.